The molecule has 1 heterocycles. The van der Waals surface area contributed by atoms with E-state index in [0.717, 1.165) is 38.5 Å². The molecule has 1 aliphatic rings. The first kappa shape index (κ1) is 14.5. The highest BCUT2D eigenvalue weighted by molar-refractivity contribution is 6.08. The molecule has 1 rings (SSSR count). The second-order valence-corrected chi connectivity index (χ2v) is 5.25. The maximum absolute atomic E-state index is 11.3. The van der Waals surface area contributed by atoms with E-state index in [1.807, 2.05) is 0 Å². The van der Waals surface area contributed by atoms with Crippen molar-refractivity contribution in [1.29, 1.82) is 0 Å². The number of unbranched alkanes of at least 4 members (excludes halogenated alkanes) is 1. The van der Waals surface area contributed by atoms with Gasteiger partial charge in [0.25, 0.3) is 0 Å². The number of hydrogen-bond acceptors (Lipinski definition) is 3. The summed E-state index contributed by atoms with van der Waals surface area (Å²) in [4.78, 5) is 11.3. The second-order valence-electron chi connectivity index (χ2n) is 5.25. The van der Waals surface area contributed by atoms with Crippen LogP contribution < -0.4 is 11.1 Å². The summed E-state index contributed by atoms with van der Waals surface area (Å²) in [7, 11) is 2.11. The smallest absolute Gasteiger partial charge is 0.323 e. The van der Waals surface area contributed by atoms with Crippen LogP contribution in [0.1, 0.15) is 44.9 Å². The number of rotatable bonds is 8. The number of nitrogens with one attached hydrogen (secondary N) is 1. The van der Waals surface area contributed by atoms with Crippen molar-refractivity contribution in [1.82, 2.24) is 5.32 Å². The fourth-order valence-electron chi connectivity index (χ4n) is 2.46. The van der Waals surface area contributed by atoms with Crippen LogP contribution in [0.2, 0.25) is 6.32 Å². The zero-order valence-corrected chi connectivity index (χ0v) is 10.9. The van der Waals surface area contributed by atoms with E-state index in [2.05, 4.69) is 13.2 Å². The van der Waals surface area contributed by atoms with Crippen LogP contribution in [-0.4, -0.2) is 37.0 Å². The lowest BCUT2D eigenvalue weighted by atomic mass is 9.85. The molecule has 4 nitrogen and oxygen atoms in total. The summed E-state index contributed by atoms with van der Waals surface area (Å²) in [5, 5.41) is 12.6. The first-order chi connectivity index (χ1) is 8.08. The monoisotopic (exact) mass is 240 g/mol. The lowest BCUT2D eigenvalue weighted by molar-refractivity contribution is -0.144. The molecule has 17 heavy (non-hydrogen) atoms. The van der Waals surface area contributed by atoms with Crippen molar-refractivity contribution in [2.45, 2.75) is 62.8 Å². The van der Waals surface area contributed by atoms with Gasteiger partial charge in [0.05, 0.1) is 0 Å². The lowest BCUT2D eigenvalue weighted by Crippen LogP contribution is -2.48. The Morgan fingerprint density at radius 3 is 2.76 bits per heavy atom. The minimum absolute atomic E-state index is 0.475. The van der Waals surface area contributed by atoms with Crippen molar-refractivity contribution in [2.75, 3.05) is 6.54 Å². The van der Waals surface area contributed by atoms with Crippen molar-refractivity contribution >= 4 is 13.8 Å². The predicted molar refractivity (Wildman–Crippen MR) is 72.0 cm³/mol. The van der Waals surface area contributed by atoms with Crippen LogP contribution in [0.4, 0.5) is 0 Å². The molecule has 2 atom stereocenters. The van der Waals surface area contributed by atoms with Gasteiger partial charge in [-0.05, 0) is 38.6 Å². The minimum Gasteiger partial charge on any atom is -0.480 e. The Morgan fingerprint density at radius 2 is 2.24 bits per heavy atom. The Bertz CT molecular complexity index is 245. The van der Waals surface area contributed by atoms with Gasteiger partial charge in [0.2, 0.25) is 0 Å². The Labute approximate surface area is 105 Å². The molecule has 0 aromatic heterocycles. The SMILES string of the molecule is BCCCCC(N)(CCC1CCCN1)C(=O)O. The number of carboxylic acids is 1. The number of nitrogens with two attached hydrogens (primary N) is 1. The molecule has 0 spiro atoms. The van der Waals surface area contributed by atoms with Crippen LogP contribution in [0.15, 0.2) is 0 Å². The van der Waals surface area contributed by atoms with Gasteiger partial charge >= 0.3 is 5.97 Å². The average Bonchev–Trinajstić information content (AvgIpc) is 2.79. The molecule has 0 saturated carbocycles. The van der Waals surface area contributed by atoms with E-state index in [9.17, 15) is 9.90 Å². The zero-order chi connectivity index (χ0) is 12.7. The van der Waals surface area contributed by atoms with E-state index in [-0.39, 0.29) is 0 Å². The normalized spacial score (nSPS) is 23.5. The third-order valence-electron chi connectivity index (χ3n) is 3.75. The van der Waals surface area contributed by atoms with Crippen molar-refractivity contribution in [3.8, 4) is 0 Å². The molecule has 5 heteroatoms. The van der Waals surface area contributed by atoms with Gasteiger partial charge in [-0.1, -0.05) is 19.2 Å². The van der Waals surface area contributed by atoms with E-state index in [1.165, 1.54) is 6.42 Å². The maximum Gasteiger partial charge on any atom is 0.323 e. The van der Waals surface area contributed by atoms with Crippen LogP contribution in [-0.2, 0) is 4.79 Å². The quantitative estimate of drug-likeness (QED) is 0.427. The van der Waals surface area contributed by atoms with Gasteiger partial charge in [0.1, 0.15) is 13.4 Å². The Kier molecular flexibility index (Phi) is 5.99. The van der Waals surface area contributed by atoms with Crippen LogP contribution >= 0.6 is 0 Å². The molecule has 1 fully saturated rings. The van der Waals surface area contributed by atoms with Gasteiger partial charge in [-0.15, -0.1) is 0 Å². The summed E-state index contributed by atoms with van der Waals surface area (Å²) >= 11 is 0. The molecule has 98 valence electrons. The van der Waals surface area contributed by atoms with Gasteiger partial charge in [0.15, 0.2) is 0 Å². The molecule has 1 saturated heterocycles. The molecule has 0 bridgehead atoms. The van der Waals surface area contributed by atoms with Crippen LogP contribution in [0.3, 0.4) is 0 Å². The molecule has 0 radical (unpaired) electrons. The molecule has 2 unspecified atom stereocenters. The van der Waals surface area contributed by atoms with E-state index in [4.69, 9.17) is 5.73 Å². The summed E-state index contributed by atoms with van der Waals surface area (Å²) in [5.41, 5.74) is 5.02. The standard InChI is InChI=1S/C12H25BN2O2/c13-8-2-1-6-12(14,11(16)17)7-5-10-4-3-9-15-10/h10,15H,1-9,13-14H2,(H,16,17). The van der Waals surface area contributed by atoms with Gasteiger partial charge < -0.3 is 16.2 Å². The van der Waals surface area contributed by atoms with E-state index < -0.39 is 11.5 Å². The number of aliphatic carboxylic acids is 1. The summed E-state index contributed by atoms with van der Waals surface area (Å²) in [6, 6.07) is 0.475. The highest BCUT2D eigenvalue weighted by atomic mass is 16.4. The fraction of sp³-hybridized carbons (Fsp3) is 0.917. The third kappa shape index (κ3) is 4.68. The molecule has 1 aliphatic heterocycles. The minimum atomic E-state index is -1.01. The van der Waals surface area contributed by atoms with Crippen LogP contribution in [0.25, 0.3) is 0 Å². The van der Waals surface area contributed by atoms with Crippen LogP contribution in [0, 0.1) is 0 Å². The number of hydrogen-bond donors (Lipinski definition) is 3. The summed E-state index contributed by atoms with van der Waals surface area (Å²) in [5.74, 6) is -0.841. The third-order valence-corrected chi connectivity index (χ3v) is 3.75. The summed E-state index contributed by atoms with van der Waals surface area (Å²) in [6.45, 7) is 1.06. The Hall–Kier alpha value is -0.545. The van der Waals surface area contributed by atoms with E-state index >= 15 is 0 Å². The van der Waals surface area contributed by atoms with Gasteiger partial charge in [-0.25, -0.2) is 0 Å². The van der Waals surface area contributed by atoms with Gasteiger partial charge in [-0.3, -0.25) is 4.79 Å². The van der Waals surface area contributed by atoms with Gasteiger partial charge in [0, 0.05) is 6.04 Å². The van der Waals surface area contributed by atoms with Crippen molar-refractivity contribution in [3.63, 3.8) is 0 Å². The number of carboxylic acid groups (broad SMARTS) is 1. The van der Waals surface area contributed by atoms with E-state index in [1.54, 1.807) is 0 Å². The zero-order valence-electron chi connectivity index (χ0n) is 10.9. The van der Waals surface area contributed by atoms with Crippen molar-refractivity contribution < 1.29 is 9.90 Å². The molecule has 0 aliphatic carbocycles. The molecule has 4 N–H and O–H groups in total. The van der Waals surface area contributed by atoms with Crippen molar-refractivity contribution in [2.24, 2.45) is 5.73 Å². The lowest BCUT2D eigenvalue weighted by Gasteiger charge is -2.26. The average molecular weight is 240 g/mol. The topological polar surface area (TPSA) is 75.3 Å². The molecular formula is C12H25BN2O2. The fourth-order valence-corrected chi connectivity index (χ4v) is 2.46. The predicted octanol–water partition coefficient (Wildman–Crippen LogP) is 0.522. The Balaban J connectivity index is 2.37. The summed E-state index contributed by atoms with van der Waals surface area (Å²) < 4.78 is 0. The maximum atomic E-state index is 11.3. The highest BCUT2D eigenvalue weighted by Crippen LogP contribution is 2.22. The van der Waals surface area contributed by atoms with Crippen LogP contribution in [0.5, 0.6) is 0 Å². The first-order valence-electron chi connectivity index (χ1n) is 6.84. The number of carbonyl (C=O) groups is 1. The van der Waals surface area contributed by atoms with Crippen molar-refractivity contribution in [3.05, 3.63) is 0 Å². The molecule has 0 aromatic rings. The molecule has 0 aromatic carbocycles. The largest absolute Gasteiger partial charge is 0.480 e. The van der Waals surface area contributed by atoms with Gasteiger partial charge in [-0.2, -0.15) is 0 Å². The highest BCUT2D eigenvalue weighted by Gasteiger charge is 2.33. The van der Waals surface area contributed by atoms with E-state index in [0.29, 0.717) is 18.9 Å². The molecular weight excluding hydrogens is 215 g/mol. The summed E-state index contributed by atoms with van der Waals surface area (Å²) in [6.07, 6.45) is 7.50. The first-order valence-corrected chi connectivity index (χ1v) is 6.84. The second kappa shape index (κ2) is 7.02. The Morgan fingerprint density at radius 1 is 1.47 bits per heavy atom. The molecule has 0 amide bonds.